The first-order valence-electron chi connectivity index (χ1n) is 6.55. The van der Waals surface area contributed by atoms with Gasteiger partial charge in [0.15, 0.2) is 27.1 Å². The van der Waals surface area contributed by atoms with Gasteiger partial charge in [-0.1, -0.05) is 22.6 Å². The summed E-state index contributed by atoms with van der Waals surface area (Å²) in [6, 6.07) is 0. The molecule has 0 unspecified atom stereocenters. The van der Waals surface area contributed by atoms with Crippen LogP contribution in [0.1, 0.15) is 19.3 Å². The number of alkyl halides is 1. The lowest BCUT2D eigenvalue weighted by Gasteiger charge is -2.42. The lowest BCUT2D eigenvalue weighted by molar-refractivity contribution is -0.267. The average molecular weight is 421 g/mol. The Morgan fingerprint density at radius 2 is 1.39 bits per heavy atom. The Bertz CT molecular complexity index is 223. The highest BCUT2D eigenvalue weighted by atomic mass is 127. The van der Waals surface area contributed by atoms with Gasteiger partial charge in [-0.15, -0.1) is 0 Å². The van der Waals surface area contributed by atoms with Crippen LogP contribution in [0, 0.1) is 0 Å². The fourth-order valence-electron chi connectivity index (χ4n) is 1.68. The van der Waals surface area contributed by atoms with Crippen molar-refractivity contribution in [3.05, 3.63) is 0 Å². The SMILES string of the molecule is C[Si](C)(C)OC(CCCCI)(O[SiH3])O[Si](C)(C)C. The Hall–Kier alpha value is 1.26. The van der Waals surface area contributed by atoms with Crippen LogP contribution >= 0.6 is 22.6 Å². The molecule has 0 rings (SSSR count). The van der Waals surface area contributed by atoms with Crippen molar-refractivity contribution in [2.45, 2.75) is 64.5 Å². The molecule has 0 aromatic carbocycles. The van der Waals surface area contributed by atoms with Gasteiger partial charge in [-0.2, -0.15) is 0 Å². The van der Waals surface area contributed by atoms with Crippen molar-refractivity contribution in [2.24, 2.45) is 0 Å². The molecule has 0 spiro atoms. The van der Waals surface area contributed by atoms with Gasteiger partial charge in [0.05, 0.1) is 0 Å². The highest BCUT2D eigenvalue weighted by Gasteiger charge is 2.40. The second-order valence-corrected chi connectivity index (χ2v) is 16.8. The molecule has 0 aromatic rings. The zero-order valence-electron chi connectivity index (χ0n) is 12.9. The monoisotopic (exact) mass is 420 g/mol. The normalized spacial score (nSPS) is 14.2. The number of halogens is 1. The Morgan fingerprint density at radius 1 is 0.944 bits per heavy atom. The maximum atomic E-state index is 6.26. The van der Waals surface area contributed by atoms with E-state index in [1.807, 2.05) is 0 Å². The van der Waals surface area contributed by atoms with E-state index in [0.717, 1.165) is 12.8 Å². The third-order valence-electron chi connectivity index (χ3n) is 2.10. The summed E-state index contributed by atoms with van der Waals surface area (Å²) in [5.74, 6) is -0.757. The first-order valence-corrected chi connectivity index (χ1v) is 15.7. The first kappa shape index (κ1) is 19.3. The minimum atomic E-state index is -1.68. The molecule has 110 valence electrons. The van der Waals surface area contributed by atoms with Gasteiger partial charge >= 0.3 is 0 Å². The Morgan fingerprint density at radius 3 is 1.67 bits per heavy atom. The van der Waals surface area contributed by atoms with Gasteiger partial charge in [-0.3, -0.25) is 0 Å². The quantitative estimate of drug-likeness (QED) is 0.188. The van der Waals surface area contributed by atoms with E-state index >= 15 is 0 Å². The predicted molar refractivity (Wildman–Crippen MR) is 95.4 cm³/mol. The van der Waals surface area contributed by atoms with Gasteiger partial charge in [0.2, 0.25) is 0 Å². The minimum absolute atomic E-state index is 0.644. The number of hydrogen-bond donors (Lipinski definition) is 0. The van der Waals surface area contributed by atoms with Crippen molar-refractivity contribution < 1.29 is 13.3 Å². The van der Waals surface area contributed by atoms with Crippen molar-refractivity contribution in [3.63, 3.8) is 0 Å². The summed E-state index contributed by atoms with van der Waals surface area (Å²) in [4.78, 5) is 0. The smallest absolute Gasteiger partial charge is 0.253 e. The van der Waals surface area contributed by atoms with Gasteiger partial charge in [0.25, 0.3) is 5.97 Å². The standard InChI is InChI=1S/C11H29IO3Si3/c1-17(2,3)14-11(13-16,9-7-8-10-12)15-18(4,5)6/h7-10H2,1-6,16H3. The zero-order valence-corrected chi connectivity index (χ0v) is 19.1. The molecule has 0 aromatic heterocycles. The van der Waals surface area contributed by atoms with Gasteiger partial charge in [0, 0.05) is 6.42 Å². The van der Waals surface area contributed by atoms with Crippen LogP contribution in [0.2, 0.25) is 39.3 Å². The van der Waals surface area contributed by atoms with Crippen LogP contribution in [-0.4, -0.2) is 37.5 Å². The Kier molecular flexibility index (Phi) is 8.44. The van der Waals surface area contributed by atoms with Crippen LogP contribution in [0.3, 0.4) is 0 Å². The molecule has 0 aliphatic heterocycles. The molecule has 0 atom stereocenters. The average Bonchev–Trinajstić information content (AvgIpc) is 2.12. The third kappa shape index (κ3) is 9.21. The van der Waals surface area contributed by atoms with Gasteiger partial charge < -0.3 is 13.3 Å². The van der Waals surface area contributed by atoms with E-state index in [-0.39, 0.29) is 0 Å². The van der Waals surface area contributed by atoms with Crippen LogP contribution in [0.4, 0.5) is 0 Å². The summed E-state index contributed by atoms with van der Waals surface area (Å²) in [6.45, 7) is 13.1. The van der Waals surface area contributed by atoms with Gasteiger partial charge in [0.1, 0.15) is 0 Å². The molecule has 0 N–H and O–H groups in total. The van der Waals surface area contributed by atoms with Crippen molar-refractivity contribution >= 4 is 49.7 Å². The minimum Gasteiger partial charge on any atom is -0.382 e. The fourth-order valence-corrected chi connectivity index (χ4v) is 5.32. The van der Waals surface area contributed by atoms with Crippen LogP contribution in [0.5, 0.6) is 0 Å². The summed E-state index contributed by atoms with van der Waals surface area (Å²) in [5, 5.41) is 0. The highest BCUT2D eigenvalue weighted by molar-refractivity contribution is 14.1. The number of hydrogen-bond acceptors (Lipinski definition) is 3. The van der Waals surface area contributed by atoms with E-state index in [0.29, 0.717) is 10.5 Å². The van der Waals surface area contributed by atoms with Crippen molar-refractivity contribution in [3.8, 4) is 0 Å². The maximum absolute atomic E-state index is 6.26. The van der Waals surface area contributed by atoms with Gasteiger partial charge in [-0.05, 0) is 56.6 Å². The summed E-state index contributed by atoms with van der Waals surface area (Å²) >= 11 is 2.41. The summed E-state index contributed by atoms with van der Waals surface area (Å²) in [7, 11) is -2.72. The molecule has 0 amide bonds. The molecule has 0 saturated carbocycles. The molecule has 7 heteroatoms. The molecule has 0 heterocycles. The lowest BCUT2D eigenvalue weighted by atomic mass is 10.2. The van der Waals surface area contributed by atoms with Crippen molar-refractivity contribution in [1.29, 1.82) is 0 Å². The molecule has 0 saturated heterocycles. The molecule has 18 heavy (non-hydrogen) atoms. The Labute approximate surface area is 131 Å². The van der Waals surface area contributed by atoms with Crippen LogP contribution in [-0.2, 0) is 13.3 Å². The van der Waals surface area contributed by atoms with E-state index in [1.54, 1.807) is 0 Å². The molecule has 0 aliphatic carbocycles. The Balaban J connectivity index is 4.83. The molecule has 0 fully saturated rings. The summed E-state index contributed by atoms with van der Waals surface area (Å²) in [5.41, 5.74) is 0. The first-order chi connectivity index (χ1) is 8.04. The van der Waals surface area contributed by atoms with E-state index in [4.69, 9.17) is 13.3 Å². The van der Waals surface area contributed by atoms with E-state index < -0.39 is 22.6 Å². The molecular formula is C11H29IO3Si3. The summed E-state index contributed by atoms with van der Waals surface area (Å²) in [6.07, 6.45) is 3.14. The molecule has 0 aliphatic rings. The van der Waals surface area contributed by atoms with Crippen LogP contribution in [0.25, 0.3) is 0 Å². The van der Waals surface area contributed by atoms with E-state index in [1.165, 1.54) is 10.8 Å². The molecule has 0 bridgehead atoms. The topological polar surface area (TPSA) is 27.7 Å². The van der Waals surface area contributed by atoms with Crippen LogP contribution in [0.15, 0.2) is 0 Å². The van der Waals surface area contributed by atoms with Crippen LogP contribution < -0.4 is 0 Å². The molecule has 0 radical (unpaired) electrons. The van der Waals surface area contributed by atoms with Crippen molar-refractivity contribution in [2.75, 3.05) is 4.43 Å². The van der Waals surface area contributed by atoms with Gasteiger partial charge in [-0.25, -0.2) is 0 Å². The predicted octanol–water partition coefficient (Wildman–Crippen LogP) is 3.25. The fraction of sp³-hybridized carbons (Fsp3) is 1.00. The maximum Gasteiger partial charge on any atom is 0.253 e. The highest BCUT2D eigenvalue weighted by Crippen LogP contribution is 2.29. The zero-order chi connectivity index (χ0) is 14.4. The second kappa shape index (κ2) is 7.89. The third-order valence-corrected chi connectivity index (χ3v) is 5.33. The van der Waals surface area contributed by atoms with Crippen molar-refractivity contribution in [1.82, 2.24) is 0 Å². The number of rotatable bonds is 9. The summed E-state index contributed by atoms with van der Waals surface area (Å²) < 4.78 is 19.5. The van der Waals surface area contributed by atoms with E-state index in [9.17, 15) is 0 Å². The second-order valence-electron chi connectivity index (χ2n) is 6.46. The molecule has 3 nitrogen and oxygen atoms in total. The lowest BCUT2D eigenvalue weighted by Crippen LogP contribution is -2.51. The number of unbranched alkanes of at least 4 members (excludes halogenated alkanes) is 1. The van der Waals surface area contributed by atoms with E-state index in [2.05, 4.69) is 61.9 Å². The molecular weight excluding hydrogens is 391 g/mol. The largest absolute Gasteiger partial charge is 0.382 e.